The summed E-state index contributed by atoms with van der Waals surface area (Å²) >= 11 is 0. The Balaban J connectivity index is 2.66. The van der Waals surface area contributed by atoms with Crippen molar-refractivity contribution >= 4 is 0 Å². The first kappa shape index (κ1) is 13.4. The molecule has 0 spiro atoms. The first-order valence-electron chi connectivity index (χ1n) is 5.74. The maximum absolute atomic E-state index is 9.90. The Labute approximate surface area is 103 Å². The molecule has 1 aromatic rings. The number of terminal acetylenes is 1. The molecule has 0 aliphatic carbocycles. The van der Waals surface area contributed by atoms with Crippen LogP contribution < -0.4 is 10.1 Å². The Morgan fingerprint density at radius 2 is 2.29 bits per heavy atom. The fraction of sp³-hybridized carbons (Fsp3) is 0.429. The molecular weight excluding hydrogens is 214 g/mol. The highest BCUT2D eigenvalue weighted by atomic mass is 16.5. The van der Waals surface area contributed by atoms with Crippen molar-refractivity contribution in [1.29, 1.82) is 0 Å². The Morgan fingerprint density at radius 1 is 1.53 bits per heavy atom. The van der Waals surface area contributed by atoms with Gasteiger partial charge in [0, 0.05) is 24.6 Å². The number of methoxy groups -OCH3 is 1. The summed E-state index contributed by atoms with van der Waals surface area (Å²) in [5, 5.41) is 13.2. The SMILES string of the molecule is C#CCC(CC)NCc1cccc(OC)c1O. The lowest BCUT2D eigenvalue weighted by Crippen LogP contribution is -2.27. The second-order valence-electron chi connectivity index (χ2n) is 3.86. The van der Waals surface area contributed by atoms with Gasteiger partial charge in [-0.1, -0.05) is 19.1 Å². The molecule has 1 aromatic carbocycles. The average molecular weight is 233 g/mol. The molecule has 0 aliphatic rings. The molecule has 1 unspecified atom stereocenters. The standard InChI is InChI=1S/C14H19NO2/c1-4-7-12(5-2)15-10-11-8-6-9-13(17-3)14(11)16/h1,6,8-9,12,15-16H,5,7,10H2,2-3H3. The molecule has 3 heteroatoms. The number of hydrogen-bond donors (Lipinski definition) is 2. The maximum atomic E-state index is 9.90. The number of ether oxygens (including phenoxy) is 1. The van der Waals surface area contributed by atoms with Crippen LogP contribution in [-0.4, -0.2) is 18.3 Å². The van der Waals surface area contributed by atoms with Crippen LogP contribution in [0.4, 0.5) is 0 Å². The molecule has 0 bridgehead atoms. The summed E-state index contributed by atoms with van der Waals surface area (Å²) in [5.41, 5.74) is 0.819. The van der Waals surface area contributed by atoms with Crippen LogP contribution in [0.5, 0.6) is 11.5 Å². The van der Waals surface area contributed by atoms with Crippen LogP contribution in [0.3, 0.4) is 0 Å². The predicted molar refractivity (Wildman–Crippen MR) is 69.0 cm³/mol. The zero-order valence-electron chi connectivity index (χ0n) is 10.4. The van der Waals surface area contributed by atoms with E-state index in [1.54, 1.807) is 13.2 Å². The van der Waals surface area contributed by atoms with E-state index in [2.05, 4.69) is 18.2 Å². The van der Waals surface area contributed by atoms with Crippen molar-refractivity contribution in [3.8, 4) is 23.8 Å². The Bertz CT molecular complexity index is 396. The molecule has 0 radical (unpaired) electrons. The van der Waals surface area contributed by atoms with E-state index in [4.69, 9.17) is 11.2 Å². The summed E-state index contributed by atoms with van der Waals surface area (Å²) in [6.45, 7) is 2.67. The minimum absolute atomic E-state index is 0.193. The van der Waals surface area contributed by atoms with Crippen molar-refractivity contribution in [2.45, 2.75) is 32.4 Å². The van der Waals surface area contributed by atoms with Crippen molar-refractivity contribution < 1.29 is 9.84 Å². The van der Waals surface area contributed by atoms with Gasteiger partial charge in [0.1, 0.15) is 0 Å². The van der Waals surface area contributed by atoms with Gasteiger partial charge in [-0.3, -0.25) is 0 Å². The molecule has 0 aromatic heterocycles. The van der Waals surface area contributed by atoms with E-state index in [1.165, 1.54) is 0 Å². The van der Waals surface area contributed by atoms with Gasteiger partial charge >= 0.3 is 0 Å². The summed E-state index contributed by atoms with van der Waals surface area (Å²) in [6.07, 6.45) is 6.95. The van der Waals surface area contributed by atoms with E-state index in [1.807, 2.05) is 12.1 Å². The van der Waals surface area contributed by atoms with Crippen LogP contribution in [0.1, 0.15) is 25.3 Å². The first-order valence-corrected chi connectivity index (χ1v) is 5.74. The summed E-state index contributed by atoms with van der Waals surface area (Å²) in [7, 11) is 1.54. The highest BCUT2D eigenvalue weighted by Crippen LogP contribution is 2.29. The Hall–Kier alpha value is -1.66. The lowest BCUT2D eigenvalue weighted by Gasteiger charge is -2.15. The quantitative estimate of drug-likeness (QED) is 0.741. The van der Waals surface area contributed by atoms with E-state index in [-0.39, 0.29) is 11.8 Å². The number of para-hydroxylation sites is 1. The molecule has 1 rings (SSSR count). The third kappa shape index (κ3) is 3.69. The van der Waals surface area contributed by atoms with Crippen LogP contribution in [0.2, 0.25) is 0 Å². The second kappa shape index (κ2) is 6.82. The Morgan fingerprint density at radius 3 is 2.88 bits per heavy atom. The fourth-order valence-electron chi connectivity index (χ4n) is 1.63. The molecule has 0 saturated heterocycles. The lowest BCUT2D eigenvalue weighted by atomic mass is 10.1. The zero-order valence-corrected chi connectivity index (χ0v) is 10.4. The molecule has 0 saturated carbocycles. The van der Waals surface area contributed by atoms with E-state index in [0.717, 1.165) is 12.0 Å². The average Bonchev–Trinajstić information content (AvgIpc) is 2.36. The van der Waals surface area contributed by atoms with Gasteiger partial charge in [0.15, 0.2) is 11.5 Å². The molecule has 0 fully saturated rings. The Kier molecular flexibility index (Phi) is 5.38. The second-order valence-corrected chi connectivity index (χ2v) is 3.86. The molecule has 1 atom stereocenters. The molecule has 0 heterocycles. The third-order valence-corrected chi connectivity index (χ3v) is 2.74. The lowest BCUT2D eigenvalue weighted by molar-refractivity contribution is 0.368. The normalized spacial score (nSPS) is 11.8. The summed E-state index contributed by atoms with van der Waals surface area (Å²) < 4.78 is 5.06. The van der Waals surface area contributed by atoms with E-state index >= 15 is 0 Å². The van der Waals surface area contributed by atoms with Crippen LogP contribution in [-0.2, 0) is 6.54 Å². The molecule has 0 amide bonds. The summed E-state index contributed by atoms with van der Waals surface area (Å²) in [5.74, 6) is 3.33. The molecule has 92 valence electrons. The molecule has 3 nitrogen and oxygen atoms in total. The minimum Gasteiger partial charge on any atom is -0.504 e. The largest absolute Gasteiger partial charge is 0.504 e. The molecule has 17 heavy (non-hydrogen) atoms. The van der Waals surface area contributed by atoms with E-state index in [9.17, 15) is 5.11 Å². The van der Waals surface area contributed by atoms with Crippen molar-refractivity contribution in [2.75, 3.05) is 7.11 Å². The summed E-state index contributed by atoms with van der Waals surface area (Å²) in [6, 6.07) is 5.74. The highest BCUT2D eigenvalue weighted by molar-refractivity contribution is 5.45. The highest BCUT2D eigenvalue weighted by Gasteiger charge is 2.09. The van der Waals surface area contributed by atoms with Crippen molar-refractivity contribution in [1.82, 2.24) is 5.32 Å². The number of phenolic OH excluding ortho intramolecular Hbond substituents is 1. The van der Waals surface area contributed by atoms with Gasteiger partial charge in [0.2, 0.25) is 0 Å². The van der Waals surface area contributed by atoms with Gasteiger partial charge in [0.25, 0.3) is 0 Å². The number of hydrogen-bond acceptors (Lipinski definition) is 3. The number of benzene rings is 1. The van der Waals surface area contributed by atoms with Crippen molar-refractivity contribution in [3.05, 3.63) is 23.8 Å². The van der Waals surface area contributed by atoms with Gasteiger partial charge in [0.05, 0.1) is 7.11 Å². The van der Waals surface area contributed by atoms with Gasteiger partial charge in [-0.05, 0) is 12.5 Å². The van der Waals surface area contributed by atoms with Crippen molar-refractivity contribution in [2.24, 2.45) is 0 Å². The molecule has 0 aliphatic heterocycles. The molecular formula is C14H19NO2. The van der Waals surface area contributed by atoms with Crippen LogP contribution in [0, 0.1) is 12.3 Å². The van der Waals surface area contributed by atoms with Crippen LogP contribution >= 0.6 is 0 Å². The monoisotopic (exact) mass is 233 g/mol. The van der Waals surface area contributed by atoms with Gasteiger partial charge < -0.3 is 15.2 Å². The predicted octanol–water partition coefficient (Wildman–Crippen LogP) is 2.29. The minimum atomic E-state index is 0.193. The molecule has 2 N–H and O–H groups in total. The number of phenols is 1. The number of rotatable bonds is 6. The van der Waals surface area contributed by atoms with Gasteiger partial charge in [-0.15, -0.1) is 12.3 Å². The smallest absolute Gasteiger partial charge is 0.162 e. The van der Waals surface area contributed by atoms with Crippen LogP contribution in [0.15, 0.2) is 18.2 Å². The first-order chi connectivity index (χ1) is 8.22. The van der Waals surface area contributed by atoms with E-state index in [0.29, 0.717) is 18.7 Å². The van der Waals surface area contributed by atoms with Gasteiger partial charge in [-0.25, -0.2) is 0 Å². The van der Waals surface area contributed by atoms with Gasteiger partial charge in [-0.2, -0.15) is 0 Å². The van der Waals surface area contributed by atoms with E-state index < -0.39 is 0 Å². The zero-order chi connectivity index (χ0) is 12.7. The number of nitrogens with one attached hydrogen (secondary N) is 1. The topological polar surface area (TPSA) is 41.5 Å². The number of aromatic hydroxyl groups is 1. The third-order valence-electron chi connectivity index (χ3n) is 2.74. The summed E-state index contributed by atoms with van der Waals surface area (Å²) in [4.78, 5) is 0. The fourth-order valence-corrected chi connectivity index (χ4v) is 1.63. The van der Waals surface area contributed by atoms with Crippen LogP contribution in [0.25, 0.3) is 0 Å². The van der Waals surface area contributed by atoms with Crippen molar-refractivity contribution in [3.63, 3.8) is 0 Å². The maximum Gasteiger partial charge on any atom is 0.162 e.